The molecule has 0 aromatic heterocycles. The lowest BCUT2D eigenvalue weighted by molar-refractivity contribution is -0.114. The van der Waals surface area contributed by atoms with Crippen molar-refractivity contribution in [2.24, 2.45) is 5.10 Å². The maximum atomic E-state index is 12.1. The largest absolute Gasteiger partial charge is 0.496 e. The molecule has 0 unspecified atom stereocenters. The van der Waals surface area contributed by atoms with Crippen LogP contribution in [0.3, 0.4) is 0 Å². The lowest BCUT2D eigenvalue weighted by Crippen LogP contribution is -2.18. The smallest absolute Gasteiger partial charge is 0.271 e. The lowest BCUT2D eigenvalue weighted by atomic mass is 10.2. The molecule has 2 amide bonds. The van der Waals surface area contributed by atoms with Crippen LogP contribution in [-0.2, 0) is 4.79 Å². The summed E-state index contributed by atoms with van der Waals surface area (Å²) in [5.41, 5.74) is 3.96. The van der Waals surface area contributed by atoms with Crippen LogP contribution < -0.4 is 15.5 Å². The molecule has 0 bridgehead atoms. The van der Waals surface area contributed by atoms with E-state index in [1.165, 1.54) is 20.2 Å². The van der Waals surface area contributed by atoms with E-state index in [0.29, 0.717) is 27.6 Å². The van der Waals surface area contributed by atoms with Crippen molar-refractivity contribution in [2.75, 3.05) is 12.4 Å². The van der Waals surface area contributed by atoms with Gasteiger partial charge < -0.3 is 10.1 Å². The van der Waals surface area contributed by atoms with Crippen LogP contribution in [0.25, 0.3) is 0 Å². The monoisotopic (exact) mass is 345 g/mol. The van der Waals surface area contributed by atoms with Gasteiger partial charge in [0.15, 0.2) is 0 Å². The number of methoxy groups -OCH3 is 1. The summed E-state index contributed by atoms with van der Waals surface area (Å²) in [6.07, 6.45) is 1.44. The third kappa shape index (κ3) is 4.82. The van der Waals surface area contributed by atoms with Crippen molar-refractivity contribution in [3.63, 3.8) is 0 Å². The fourth-order valence-electron chi connectivity index (χ4n) is 1.97. The number of hydrogen-bond donors (Lipinski definition) is 2. The molecule has 2 rings (SSSR count). The zero-order valence-corrected chi connectivity index (χ0v) is 13.9. The van der Waals surface area contributed by atoms with Crippen LogP contribution in [0, 0.1) is 0 Å². The van der Waals surface area contributed by atoms with Crippen LogP contribution in [0.5, 0.6) is 5.75 Å². The zero-order chi connectivity index (χ0) is 17.5. The Labute approximate surface area is 144 Å². The molecule has 0 aliphatic carbocycles. The van der Waals surface area contributed by atoms with Crippen LogP contribution in [-0.4, -0.2) is 25.1 Å². The number of carbonyl (C=O) groups excluding carboxylic acids is 2. The van der Waals surface area contributed by atoms with Crippen molar-refractivity contribution < 1.29 is 14.3 Å². The summed E-state index contributed by atoms with van der Waals surface area (Å²) in [7, 11) is 1.53. The van der Waals surface area contributed by atoms with Crippen LogP contribution >= 0.6 is 11.6 Å². The van der Waals surface area contributed by atoms with E-state index in [1.807, 2.05) is 0 Å². The Morgan fingerprint density at radius 2 is 2.00 bits per heavy atom. The van der Waals surface area contributed by atoms with E-state index >= 15 is 0 Å². The van der Waals surface area contributed by atoms with Gasteiger partial charge >= 0.3 is 0 Å². The van der Waals surface area contributed by atoms with Crippen molar-refractivity contribution in [3.8, 4) is 5.75 Å². The van der Waals surface area contributed by atoms with Gasteiger partial charge in [-0.05, 0) is 36.4 Å². The molecule has 0 radical (unpaired) electrons. The van der Waals surface area contributed by atoms with Crippen molar-refractivity contribution in [1.82, 2.24) is 5.43 Å². The van der Waals surface area contributed by atoms with E-state index in [9.17, 15) is 9.59 Å². The molecule has 124 valence electrons. The predicted molar refractivity (Wildman–Crippen MR) is 93.8 cm³/mol. The Morgan fingerprint density at radius 1 is 1.21 bits per heavy atom. The Morgan fingerprint density at radius 3 is 2.71 bits per heavy atom. The van der Waals surface area contributed by atoms with Crippen LogP contribution in [0.15, 0.2) is 47.6 Å². The molecule has 2 aromatic carbocycles. The first-order valence-electron chi connectivity index (χ1n) is 7.04. The third-order valence-electron chi connectivity index (χ3n) is 3.01. The van der Waals surface area contributed by atoms with Gasteiger partial charge in [-0.3, -0.25) is 9.59 Å². The molecule has 6 nitrogen and oxygen atoms in total. The highest BCUT2D eigenvalue weighted by Crippen LogP contribution is 2.20. The molecule has 0 atom stereocenters. The summed E-state index contributed by atoms with van der Waals surface area (Å²) < 4.78 is 5.19. The molecule has 2 aromatic rings. The highest BCUT2D eigenvalue weighted by atomic mass is 35.5. The van der Waals surface area contributed by atoms with Crippen LogP contribution in [0.2, 0.25) is 5.02 Å². The Bertz CT molecular complexity index is 790. The number of benzene rings is 2. The molecular formula is C17H16ClN3O3. The van der Waals surface area contributed by atoms with Gasteiger partial charge in [-0.25, -0.2) is 5.43 Å². The minimum Gasteiger partial charge on any atom is -0.496 e. The standard InChI is InChI=1S/C17H16ClN3O3/c1-11(22)20-15-5-3-4-12(9-15)17(23)21-19-10-13-8-14(18)6-7-16(13)24-2/h3-10H,1-2H3,(H,20,22)(H,21,23)/b19-10-. The Hall–Kier alpha value is -2.86. The number of halogens is 1. The second-order valence-electron chi connectivity index (χ2n) is 4.85. The van der Waals surface area contributed by atoms with Crippen molar-refractivity contribution >= 4 is 35.3 Å². The van der Waals surface area contributed by atoms with Gasteiger partial charge in [-0.2, -0.15) is 5.10 Å². The number of hydrazone groups is 1. The van der Waals surface area contributed by atoms with E-state index in [4.69, 9.17) is 16.3 Å². The average Bonchev–Trinajstić information content (AvgIpc) is 2.54. The van der Waals surface area contributed by atoms with E-state index < -0.39 is 5.91 Å². The summed E-state index contributed by atoms with van der Waals surface area (Å²) in [6, 6.07) is 11.6. The van der Waals surface area contributed by atoms with Gasteiger partial charge in [0, 0.05) is 28.8 Å². The molecule has 0 aliphatic heterocycles. The summed E-state index contributed by atoms with van der Waals surface area (Å²) >= 11 is 5.93. The SMILES string of the molecule is COc1ccc(Cl)cc1/C=N\NC(=O)c1cccc(NC(C)=O)c1. The van der Waals surface area contributed by atoms with Crippen molar-refractivity contribution in [2.45, 2.75) is 6.92 Å². The minimum atomic E-state index is -0.403. The summed E-state index contributed by atoms with van der Waals surface area (Å²) in [6.45, 7) is 1.40. The molecule has 0 heterocycles. The van der Waals surface area contributed by atoms with Gasteiger partial charge in [0.1, 0.15) is 5.75 Å². The molecular weight excluding hydrogens is 330 g/mol. The molecule has 0 fully saturated rings. The van der Waals surface area contributed by atoms with Gasteiger partial charge in [-0.15, -0.1) is 0 Å². The van der Waals surface area contributed by atoms with Crippen LogP contribution in [0.4, 0.5) is 5.69 Å². The first-order chi connectivity index (χ1) is 11.5. The van der Waals surface area contributed by atoms with Gasteiger partial charge in [0.25, 0.3) is 5.91 Å². The maximum Gasteiger partial charge on any atom is 0.271 e. The van der Waals surface area contributed by atoms with Gasteiger partial charge in [0.05, 0.1) is 13.3 Å². The molecule has 0 saturated heterocycles. The summed E-state index contributed by atoms with van der Waals surface area (Å²) in [4.78, 5) is 23.2. The number of hydrogen-bond acceptors (Lipinski definition) is 4. The number of anilines is 1. The maximum absolute atomic E-state index is 12.1. The average molecular weight is 346 g/mol. The van der Waals surface area contributed by atoms with E-state index in [2.05, 4.69) is 15.8 Å². The lowest BCUT2D eigenvalue weighted by Gasteiger charge is -2.06. The molecule has 0 saturated carbocycles. The van der Waals surface area contributed by atoms with E-state index in [1.54, 1.807) is 42.5 Å². The number of amides is 2. The molecule has 2 N–H and O–H groups in total. The topological polar surface area (TPSA) is 79.8 Å². The summed E-state index contributed by atoms with van der Waals surface area (Å²) in [5.74, 6) is -0.0249. The Kier molecular flexibility index (Phi) is 5.92. The number of rotatable bonds is 5. The molecule has 0 spiro atoms. The quantitative estimate of drug-likeness (QED) is 0.645. The highest BCUT2D eigenvalue weighted by Gasteiger charge is 2.06. The van der Waals surface area contributed by atoms with Gasteiger partial charge in [0.2, 0.25) is 5.91 Å². The number of ether oxygens (including phenoxy) is 1. The number of carbonyl (C=O) groups is 2. The first-order valence-corrected chi connectivity index (χ1v) is 7.42. The zero-order valence-electron chi connectivity index (χ0n) is 13.2. The van der Waals surface area contributed by atoms with Crippen molar-refractivity contribution in [1.29, 1.82) is 0 Å². The fourth-order valence-corrected chi connectivity index (χ4v) is 2.15. The Balaban J connectivity index is 2.08. The molecule has 0 aliphatic rings. The van der Waals surface area contributed by atoms with E-state index in [0.717, 1.165) is 0 Å². The number of nitrogens with zero attached hydrogens (tertiary/aromatic N) is 1. The molecule has 7 heteroatoms. The van der Waals surface area contributed by atoms with Crippen molar-refractivity contribution in [3.05, 3.63) is 58.6 Å². The van der Waals surface area contributed by atoms with E-state index in [-0.39, 0.29) is 5.91 Å². The number of nitrogens with one attached hydrogen (secondary N) is 2. The third-order valence-corrected chi connectivity index (χ3v) is 3.24. The summed E-state index contributed by atoms with van der Waals surface area (Å²) in [5, 5.41) is 7.06. The fraction of sp³-hybridized carbons (Fsp3) is 0.118. The second kappa shape index (κ2) is 8.12. The second-order valence-corrected chi connectivity index (χ2v) is 5.28. The van der Waals surface area contributed by atoms with Crippen LogP contribution in [0.1, 0.15) is 22.8 Å². The minimum absolute atomic E-state index is 0.210. The predicted octanol–water partition coefficient (Wildman–Crippen LogP) is 3.07. The molecule has 24 heavy (non-hydrogen) atoms. The van der Waals surface area contributed by atoms with Gasteiger partial charge in [-0.1, -0.05) is 17.7 Å². The first kappa shape index (κ1) is 17.5. The normalized spacial score (nSPS) is 10.5. The highest BCUT2D eigenvalue weighted by molar-refractivity contribution is 6.30.